The molecule has 1 amide bonds. The second-order valence-electron chi connectivity index (χ2n) is 9.48. The normalized spacial score (nSPS) is 14.8. The average molecular weight is 557 g/mol. The lowest BCUT2D eigenvalue weighted by atomic mass is 9.87. The van der Waals surface area contributed by atoms with E-state index < -0.39 is 28.0 Å². The van der Waals surface area contributed by atoms with Gasteiger partial charge in [0.15, 0.2) is 0 Å². The van der Waals surface area contributed by atoms with Crippen LogP contribution >= 0.6 is 0 Å². The third kappa shape index (κ3) is 5.28. The summed E-state index contributed by atoms with van der Waals surface area (Å²) in [6.07, 6.45) is -0.199. The molecule has 40 heavy (non-hydrogen) atoms. The summed E-state index contributed by atoms with van der Waals surface area (Å²) in [5.41, 5.74) is 2.69. The number of amides is 1. The van der Waals surface area contributed by atoms with Crippen molar-refractivity contribution in [1.82, 2.24) is 4.90 Å². The molecule has 0 bridgehead atoms. The molecule has 4 aromatic rings. The zero-order chi connectivity index (χ0) is 28.3. The predicted molar refractivity (Wildman–Crippen MR) is 151 cm³/mol. The van der Waals surface area contributed by atoms with Gasteiger partial charge < -0.3 is 14.7 Å². The summed E-state index contributed by atoms with van der Waals surface area (Å²) in [6.45, 7) is -0.0703. The molecule has 2 N–H and O–H groups in total. The number of hydrogen-bond acceptors (Lipinski definition) is 5. The minimum absolute atomic E-state index is 0.0703. The van der Waals surface area contributed by atoms with Crippen molar-refractivity contribution < 1.29 is 27.9 Å². The van der Waals surface area contributed by atoms with E-state index >= 15 is 0 Å². The van der Waals surface area contributed by atoms with Crippen molar-refractivity contribution >= 4 is 27.6 Å². The van der Waals surface area contributed by atoms with Crippen molar-refractivity contribution in [2.24, 2.45) is 0 Å². The fourth-order valence-electron chi connectivity index (χ4n) is 5.17. The maximum atomic E-state index is 14.2. The maximum absolute atomic E-state index is 14.2. The highest BCUT2D eigenvalue weighted by Crippen LogP contribution is 2.38. The number of sulfonamides is 1. The van der Waals surface area contributed by atoms with E-state index in [1.165, 1.54) is 18.1 Å². The molecule has 8 nitrogen and oxygen atoms in total. The molecule has 0 aliphatic carbocycles. The number of anilines is 1. The Morgan fingerprint density at radius 1 is 0.875 bits per heavy atom. The van der Waals surface area contributed by atoms with Gasteiger partial charge in [-0.15, -0.1) is 0 Å². The first-order valence-electron chi connectivity index (χ1n) is 12.7. The molecular weight excluding hydrogens is 528 g/mol. The topological polar surface area (TPSA) is 113 Å². The fourth-order valence-corrected chi connectivity index (χ4v) is 6.67. The minimum Gasteiger partial charge on any atom is -0.495 e. The molecule has 1 unspecified atom stereocenters. The van der Waals surface area contributed by atoms with Gasteiger partial charge in [0.2, 0.25) is 5.91 Å². The summed E-state index contributed by atoms with van der Waals surface area (Å²) in [5, 5.41) is 10.3. The van der Waals surface area contributed by atoms with Crippen LogP contribution < -0.4 is 9.46 Å². The Labute approximate surface area is 232 Å². The first kappa shape index (κ1) is 27.0. The van der Waals surface area contributed by atoms with Gasteiger partial charge in [0.05, 0.1) is 13.0 Å². The molecule has 0 radical (unpaired) electrons. The molecule has 1 aliphatic heterocycles. The lowest BCUT2D eigenvalue weighted by molar-refractivity contribution is -0.151. The zero-order valence-electron chi connectivity index (χ0n) is 21.7. The lowest BCUT2D eigenvalue weighted by Crippen LogP contribution is -2.50. The number of methoxy groups -OCH3 is 1. The average Bonchev–Trinajstić information content (AvgIpc) is 2.97. The van der Waals surface area contributed by atoms with Gasteiger partial charge in [0.25, 0.3) is 10.0 Å². The molecular formula is C31H28N2O6S. The Hall–Kier alpha value is -4.63. The highest BCUT2D eigenvalue weighted by Gasteiger charge is 2.41. The summed E-state index contributed by atoms with van der Waals surface area (Å²) in [4.78, 5) is 28.0. The van der Waals surface area contributed by atoms with Gasteiger partial charge >= 0.3 is 5.97 Å². The number of nitrogens with one attached hydrogen (secondary N) is 1. The number of ether oxygens (including phenoxy) is 1. The van der Waals surface area contributed by atoms with Crippen molar-refractivity contribution in [3.8, 4) is 5.75 Å². The predicted octanol–water partition coefficient (Wildman–Crippen LogP) is 4.67. The number of carbonyl (C=O) groups excluding carboxylic acids is 1. The highest BCUT2D eigenvalue weighted by atomic mass is 32.2. The summed E-state index contributed by atoms with van der Waals surface area (Å²) in [7, 11) is -2.80. The molecule has 0 spiro atoms. The molecule has 4 aromatic carbocycles. The van der Waals surface area contributed by atoms with Crippen LogP contribution in [0, 0.1) is 0 Å². The summed E-state index contributed by atoms with van der Waals surface area (Å²) < 4.78 is 35.2. The largest absolute Gasteiger partial charge is 0.495 e. The van der Waals surface area contributed by atoms with Crippen LogP contribution in [0.4, 0.5) is 5.69 Å². The Kier molecular flexibility index (Phi) is 7.57. The van der Waals surface area contributed by atoms with Crippen LogP contribution in [0.25, 0.3) is 0 Å². The first-order valence-corrected chi connectivity index (χ1v) is 14.2. The van der Waals surface area contributed by atoms with E-state index in [0.29, 0.717) is 16.8 Å². The zero-order valence-corrected chi connectivity index (χ0v) is 22.5. The number of carbonyl (C=O) groups is 2. The van der Waals surface area contributed by atoms with Crippen LogP contribution in [0.3, 0.4) is 0 Å². The van der Waals surface area contributed by atoms with E-state index in [1.54, 1.807) is 36.4 Å². The van der Waals surface area contributed by atoms with Gasteiger partial charge in [-0.3, -0.25) is 9.52 Å². The van der Waals surface area contributed by atoms with Crippen LogP contribution in [0.2, 0.25) is 0 Å². The molecule has 204 valence electrons. The minimum atomic E-state index is -4.16. The lowest BCUT2D eigenvalue weighted by Gasteiger charge is -2.37. The Bertz CT molecular complexity index is 1590. The molecule has 0 fully saturated rings. The number of carboxylic acids is 1. The number of fused-ring (bicyclic) bond motifs is 1. The van der Waals surface area contributed by atoms with E-state index in [1.807, 2.05) is 60.7 Å². The van der Waals surface area contributed by atoms with Gasteiger partial charge in [-0.25, -0.2) is 13.2 Å². The number of para-hydroxylation sites is 1. The summed E-state index contributed by atoms with van der Waals surface area (Å²) in [6, 6.07) is 28.8. The molecule has 0 aromatic heterocycles. The van der Waals surface area contributed by atoms with Crippen LogP contribution in [-0.4, -0.2) is 43.5 Å². The highest BCUT2D eigenvalue weighted by molar-refractivity contribution is 7.92. The molecule has 9 heteroatoms. The maximum Gasteiger partial charge on any atom is 0.326 e. The van der Waals surface area contributed by atoms with Crippen molar-refractivity contribution in [1.29, 1.82) is 0 Å². The van der Waals surface area contributed by atoms with E-state index in [0.717, 1.165) is 11.1 Å². The second kappa shape index (κ2) is 11.2. The van der Waals surface area contributed by atoms with Gasteiger partial charge in [-0.2, -0.15) is 0 Å². The Morgan fingerprint density at radius 2 is 1.43 bits per heavy atom. The number of benzene rings is 4. The Balaban J connectivity index is 1.59. The molecule has 5 rings (SSSR count). The van der Waals surface area contributed by atoms with Gasteiger partial charge in [0, 0.05) is 18.7 Å². The number of carboxylic acid groups (broad SMARTS) is 1. The standard InChI is InChI=1S/C31H28N2O6S/c1-39-27-18-17-23-20-33(30(34)28(21-11-5-2-6-12-21)22-13-7-3-8-14-22)26(31(35)36)19-25(23)29(27)40(37,38)32-24-15-9-4-10-16-24/h2-18,26,28,32H,19-20H2,1H3,(H,35,36). The van der Waals surface area contributed by atoms with Gasteiger partial charge in [-0.1, -0.05) is 84.9 Å². The summed E-state index contributed by atoms with van der Waals surface area (Å²) >= 11 is 0. The number of hydrogen-bond donors (Lipinski definition) is 2. The van der Waals surface area contributed by atoms with Crippen molar-refractivity contribution in [3.05, 3.63) is 125 Å². The van der Waals surface area contributed by atoms with E-state index in [2.05, 4.69) is 4.72 Å². The number of aliphatic carboxylic acids is 1. The molecule has 1 atom stereocenters. The fraction of sp³-hybridized carbons (Fsp3) is 0.161. The van der Waals surface area contributed by atoms with E-state index in [-0.39, 0.29) is 29.5 Å². The smallest absolute Gasteiger partial charge is 0.326 e. The summed E-state index contributed by atoms with van der Waals surface area (Å²) in [5.74, 6) is -2.23. The monoisotopic (exact) mass is 556 g/mol. The van der Waals surface area contributed by atoms with Crippen LogP contribution in [0.1, 0.15) is 28.2 Å². The first-order chi connectivity index (χ1) is 19.3. The number of rotatable bonds is 8. The Morgan fingerprint density at radius 3 is 1.95 bits per heavy atom. The van der Waals surface area contributed by atoms with E-state index in [4.69, 9.17) is 4.74 Å². The van der Waals surface area contributed by atoms with Crippen molar-refractivity contribution in [2.75, 3.05) is 11.8 Å². The third-order valence-corrected chi connectivity index (χ3v) is 8.52. The number of nitrogens with zero attached hydrogens (tertiary/aromatic N) is 1. The van der Waals surface area contributed by atoms with Crippen molar-refractivity contribution in [2.45, 2.75) is 29.8 Å². The van der Waals surface area contributed by atoms with Crippen LogP contribution in [0.15, 0.2) is 108 Å². The molecule has 0 saturated heterocycles. The quantitative estimate of drug-likeness (QED) is 0.326. The third-order valence-electron chi connectivity index (χ3n) is 7.03. The van der Waals surface area contributed by atoms with Crippen LogP contribution in [-0.2, 0) is 32.6 Å². The van der Waals surface area contributed by atoms with Gasteiger partial charge in [-0.05, 0) is 40.5 Å². The molecule has 1 aliphatic rings. The van der Waals surface area contributed by atoms with E-state index in [9.17, 15) is 23.1 Å². The SMILES string of the molecule is COc1ccc2c(c1S(=O)(=O)Nc1ccccc1)CC(C(=O)O)N(C(=O)C(c1ccccc1)c1ccccc1)C2. The molecule has 0 saturated carbocycles. The van der Waals surface area contributed by atoms with Crippen LogP contribution in [0.5, 0.6) is 5.75 Å². The van der Waals surface area contributed by atoms with Crippen molar-refractivity contribution in [3.63, 3.8) is 0 Å². The second-order valence-corrected chi connectivity index (χ2v) is 11.1. The molecule has 1 heterocycles. The van der Waals surface area contributed by atoms with Gasteiger partial charge in [0.1, 0.15) is 16.7 Å².